The summed E-state index contributed by atoms with van der Waals surface area (Å²) in [5.74, 6) is 0.190. The van der Waals surface area contributed by atoms with Crippen molar-refractivity contribution in [2.24, 2.45) is 5.92 Å². The van der Waals surface area contributed by atoms with Crippen LogP contribution in [0.1, 0.15) is 32.6 Å². The predicted octanol–water partition coefficient (Wildman–Crippen LogP) is 3.66. The maximum absolute atomic E-state index is 11.0. The molecule has 2 nitrogen and oxygen atoms in total. The number of hydrogen-bond acceptors (Lipinski definition) is 2. The fourth-order valence-corrected chi connectivity index (χ4v) is 3.46. The minimum atomic E-state index is -0.653. The second kappa shape index (κ2) is 5.94. The second-order valence-corrected chi connectivity index (χ2v) is 7.15. The van der Waals surface area contributed by atoms with Crippen LogP contribution in [0.2, 0.25) is 0 Å². The van der Waals surface area contributed by atoms with Crippen molar-refractivity contribution >= 4 is 33.7 Å². The summed E-state index contributed by atoms with van der Waals surface area (Å²) < 4.78 is -0.00551. The highest BCUT2D eigenvalue weighted by Crippen LogP contribution is 2.43. The Morgan fingerprint density at radius 1 is 1.67 bits per heavy atom. The van der Waals surface area contributed by atoms with Crippen molar-refractivity contribution in [1.29, 1.82) is 0 Å². The molecule has 0 amide bonds. The standard InChI is InChI=1S/C11H17BrO2S/c1-2-4-9(10(13)14)5-7-11(12)6-3-8-15-11/h3,6,9H,2,4-5,7-8H2,1H3,(H,13,14)/t9-,11-/m0/s1. The van der Waals surface area contributed by atoms with Gasteiger partial charge in [-0.3, -0.25) is 4.79 Å². The number of carboxylic acid groups (broad SMARTS) is 1. The topological polar surface area (TPSA) is 37.3 Å². The first-order valence-corrected chi connectivity index (χ1v) is 7.08. The van der Waals surface area contributed by atoms with Crippen molar-refractivity contribution in [1.82, 2.24) is 0 Å². The second-order valence-electron chi connectivity index (χ2n) is 3.86. The highest BCUT2D eigenvalue weighted by atomic mass is 79.9. The van der Waals surface area contributed by atoms with E-state index in [2.05, 4.69) is 28.1 Å². The van der Waals surface area contributed by atoms with Gasteiger partial charge in [-0.15, -0.1) is 11.8 Å². The highest BCUT2D eigenvalue weighted by molar-refractivity contribution is 9.12. The van der Waals surface area contributed by atoms with Crippen LogP contribution in [0.3, 0.4) is 0 Å². The van der Waals surface area contributed by atoms with Crippen LogP contribution < -0.4 is 0 Å². The van der Waals surface area contributed by atoms with Crippen LogP contribution in [0.25, 0.3) is 0 Å². The molecular formula is C11H17BrO2S. The Morgan fingerprint density at radius 3 is 2.87 bits per heavy atom. The summed E-state index contributed by atoms with van der Waals surface area (Å²) in [5, 5.41) is 9.02. The third kappa shape index (κ3) is 4.19. The van der Waals surface area contributed by atoms with E-state index >= 15 is 0 Å². The molecule has 0 aromatic carbocycles. The van der Waals surface area contributed by atoms with E-state index < -0.39 is 5.97 Å². The molecule has 0 saturated heterocycles. The van der Waals surface area contributed by atoms with Crippen LogP contribution in [0.5, 0.6) is 0 Å². The fourth-order valence-electron chi connectivity index (χ4n) is 1.73. The van der Waals surface area contributed by atoms with E-state index in [0.717, 1.165) is 31.4 Å². The van der Waals surface area contributed by atoms with Gasteiger partial charge >= 0.3 is 5.97 Å². The Morgan fingerprint density at radius 2 is 2.40 bits per heavy atom. The van der Waals surface area contributed by atoms with Crippen LogP contribution in [0.4, 0.5) is 0 Å². The summed E-state index contributed by atoms with van der Waals surface area (Å²) in [5.41, 5.74) is 0. The first-order valence-electron chi connectivity index (χ1n) is 5.31. The Bertz CT molecular complexity index is 255. The van der Waals surface area contributed by atoms with Crippen molar-refractivity contribution in [2.75, 3.05) is 5.75 Å². The quantitative estimate of drug-likeness (QED) is 0.600. The molecular weight excluding hydrogens is 276 g/mol. The lowest BCUT2D eigenvalue weighted by molar-refractivity contribution is -0.142. The number of carbonyl (C=O) groups is 1. The largest absolute Gasteiger partial charge is 0.481 e. The first-order chi connectivity index (χ1) is 7.07. The molecule has 86 valence electrons. The molecule has 0 aliphatic carbocycles. The van der Waals surface area contributed by atoms with E-state index in [1.54, 1.807) is 0 Å². The van der Waals surface area contributed by atoms with Crippen LogP contribution in [0.15, 0.2) is 12.2 Å². The smallest absolute Gasteiger partial charge is 0.306 e. The summed E-state index contributed by atoms with van der Waals surface area (Å²) in [6, 6.07) is 0. The molecule has 1 aliphatic heterocycles. The Labute approximate surface area is 104 Å². The van der Waals surface area contributed by atoms with Gasteiger partial charge in [0.15, 0.2) is 0 Å². The van der Waals surface area contributed by atoms with Crippen molar-refractivity contribution in [3.05, 3.63) is 12.2 Å². The van der Waals surface area contributed by atoms with Crippen molar-refractivity contribution in [3.63, 3.8) is 0 Å². The Balaban J connectivity index is 2.39. The van der Waals surface area contributed by atoms with Gasteiger partial charge in [0.05, 0.1) is 9.57 Å². The van der Waals surface area contributed by atoms with Gasteiger partial charge in [-0.25, -0.2) is 0 Å². The molecule has 1 N–H and O–H groups in total. The average Bonchev–Trinajstić information content (AvgIpc) is 2.60. The van der Waals surface area contributed by atoms with E-state index in [-0.39, 0.29) is 9.57 Å². The van der Waals surface area contributed by atoms with Gasteiger partial charge < -0.3 is 5.11 Å². The van der Waals surface area contributed by atoms with Gasteiger partial charge in [0.25, 0.3) is 0 Å². The minimum absolute atomic E-state index is 0.00551. The predicted molar refractivity (Wildman–Crippen MR) is 68.5 cm³/mol. The van der Waals surface area contributed by atoms with Crippen molar-refractivity contribution < 1.29 is 9.90 Å². The van der Waals surface area contributed by atoms with Crippen LogP contribution in [-0.2, 0) is 4.79 Å². The van der Waals surface area contributed by atoms with E-state index in [4.69, 9.17) is 5.11 Å². The van der Waals surface area contributed by atoms with Crippen molar-refractivity contribution in [2.45, 2.75) is 36.3 Å². The normalized spacial score (nSPS) is 26.8. The van der Waals surface area contributed by atoms with Gasteiger partial charge in [-0.05, 0) is 19.3 Å². The number of aliphatic carboxylic acids is 1. The van der Waals surface area contributed by atoms with E-state index in [1.165, 1.54) is 0 Å². The zero-order chi connectivity index (χ0) is 11.3. The minimum Gasteiger partial charge on any atom is -0.481 e. The molecule has 0 aromatic heterocycles. The summed E-state index contributed by atoms with van der Waals surface area (Å²) >= 11 is 5.49. The number of carboxylic acids is 1. The molecule has 0 bridgehead atoms. The molecule has 0 saturated carbocycles. The van der Waals surface area contributed by atoms with Gasteiger partial charge in [-0.1, -0.05) is 41.4 Å². The van der Waals surface area contributed by atoms with Crippen LogP contribution >= 0.6 is 27.7 Å². The molecule has 1 rings (SSSR count). The highest BCUT2D eigenvalue weighted by Gasteiger charge is 2.29. The van der Waals surface area contributed by atoms with Crippen molar-refractivity contribution in [3.8, 4) is 0 Å². The van der Waals surface area contributed by atoms with Crippen LogP contribution in [-0.4, -0.2) is 20.5 Å². The molecule has 2 atom stereocenters. The van der Waals surface area contributed by atoms with Crippen LogP contribution in [0, 0.1) is 5.92 Å². The molecule has 0 spiro atoms. The van der Waals surface area contributed by atoms with E-state index in [9.17, 15) is 4.79 Å². The Hall–Kier alpha value is 0.0400. The van der Waals surface area contributed by atoms with E-state index in [1.807, 2.05) is 18.7 Å². The van der Waals surface area contributed by atoms with Gasteiger partial charge in [0.2, 0.25) is 0 Å². The maximum Gasteiger partial charge on any atom is 0.306 e. The summed E-state index contributed by atoms with van der Waals surface area (Å²) in [6.45, 7) is 2.03. The maximum atomic E-state index is 11.0. The molecule has 0 radical (unpaired) electrons. The van der Waals surface area contributed by atoms with E-state index in [0.29, 0.717) is 0 Å². The zero-order valence-corrected chi connectivity index (χ0v) is 11.3. The molecule has 0 fully saturated rings. The van der Waals surface area contributed by atoms with Gasteiger partial charge in [0, 0.05) is 5.75 Å². The molecule has 0 aromatic rings. The third-order valence-corrected chi connectivity index (χ3v) is 5.13. The molecule has 4 heteroatoms. The lowest BCUT2D eigenvalue weighted by Crippen LogP contribution is -2.18. The third-order valence-electron chi connectivity index (χ3n) is 2.61. The molecule has 15 heavy (non-hydrogen) atoms. The summed E-state index contributed by atoms with van der Waals surface area (Å²) in [7, 11) is 0. The number of thioether (sulfide) groups is 1. The SMILES string of the molecule is CCC[C@@H](CC[C@]1(Br)C=CCS1)C(=O)O. The number of hydrogen-bond donors (Lipinski definition) is 1. The average molecular weight is 293 g/mol. The number of alkyl halides is 1. The lowest BCUT2D eigenvalue weighted by Gasteiger charge is -2.20. The fraction of sp³-hybridized carbons (Fsp3) is 0.727. The van der Waals surface area contributed by atoms with Gasteiger partial charge in [-0.2, -0.15) is 0 Å². The number of halogens is 1. The Kier molecular flexibility index (Phi) is 5.19. The number of rotatable bonds is 6. The molecule has 1 aliphatic rings. The zero-order valence-electron chi connectivity index (χ0n) is 8.91. The first kappa shape index (κ1) is 13.1. The summed E-state index contributed by atoms with van der Waals surface area (Å²) in [4.78, 5) is 11.0. The molecule has 0 unspecified atom stereocenters. The summed E-state index contributed by atoms with van der Waals surface area (Å²) in [6.07, 6.45) is 7.65. The monoisotopic (exact) mass is 292 g/mol. The van der Waals surface area contributed by atoms with Gasteiger partial charge in [0.1, 0.15) is 0 Å². The molecule has 1 heterocycles. The lowest BCUT2D eigenvalue weighted by atomic mass is 9.97.